The lowest BCUT2D eigenvalue weighted by molar-refractivity contribution is 0.0146. The van der Waals surface area contributed by atoms with Crippen molar-refractivity contribution in [2.75, 3.05) is 19.7 Å². The fourth-order valence-electron chi connectivity index (χ4n) is 2.96. The second-order valence-corrected chi connectivity index (χ2v) is 5.89. The summed E-state index contributed by atoms with van der Waals surface area (Å²) in [4.78, 5) is 14.6. The first-order chi connectivity index (χ1) is 11.8. The fraction of sp³-hybridized carbons (Fsp3) is 0.350. The Morgan fingerprint density at radius 2 is 1.75 bits per heavy atom. The molecular weight excluding hydrogens is 302 g/mol. The number of hydrogen-bond acceptors (Lipinski definition) is 3. The van der Waals surface area contributed by atoms with Crippen molar-refractivity contribution in [3.8, 4) is 11.5 Å². The molecule has 1 aliphatic heterocycles. The molecule has 0 N–H and O–H groups in total. The Balaban J connectivity index is 1.64. The number of likely N-dealkylation sites (tertiary alicyclic amines) is 1. The Hall–Kier alpha value is -2.33. The standard InChI is InChI=1S/C20H23NO3/c1-2-23-17-11-13-21(14-12-17)20(22)16-7-6-10-19(15-16)24-18-8-4-3-5-9-18/h3-10,15,17H,2,11-14H2,1H3. The zero-order valence-electron chi connectivity index (χ0n) is 14.0. The van der Waals surface area contributed by atoms with Crippen LogP contribution in [0.4, 0.5) is 0 Å². The highest BCUT2D eigenvalue weighted by Gasteiger charge is 2.23. The van der Waals surface area contributed by atoms with Gasteiger partial charge in [-0.25, -0.2) is 0 Å². The van der Waals surface area contributed by atoms with Crippen molar-refractivity contribution in [3.05, 3.63) is 60.2 Å². The largest absolute Gasteiger partial charge is 0.457 e. The zero-order valence-corrected chi connectivity index (χ0v) is 14.0. The maximum absolute atomic E-state index is 12.7. The summed E-state index contributed by atoms with van der Waals surface area (Å²) in [6.45, 7) is 4.23. The molecule has 3 rings (SSSR count). The molecule has 4 heteroatoms. The van der Waals surface area contributed by atoms with Crippen molar-refractivity contribution >= 4 is 5.91 Å². The predicted octanol–water partition coefficient (Wildman–Crippen LogP) is 4.12. The SMILES string of the molecule is CCOC1CCN(C(=O)c2cccc(Oc3ccccc3)c2)CC1. The van der Waals surface area contributed by atoms with Gasteiger partial charge >= 0.3 is 0 Å². The topological polar surface area (TPSA) is 38.8 Å². The molecule has 0 spiro atoms. The Morgan fingerprint density at radius 1 is 1.04 bits per heavy atom. The van der Waals surface area contributed by atoms with Gasteiger partial charge in [0.15, 0.2) is 0 Å². The second-order valence-electron chi connectivity index (χ2n) is 5.89. The first-order valence-corrected chi connectivity index (χ1v) is 8.50. The van der Waals surface area contributed by atoms with Crippen molar-refractivity contribution in [1.29, 1.82) is 0 Å². The van der Waals surface area contributed by atoms with Crippen LogP contribution in [0.5, 0.6) is 11.5 Å². The van der Waals surface area contributed by atoms with Crippen LogP contribution in [0.3, 0.4) is 0 Å². The zero-order chi connectivity index (χ0) is 16.8. The monoisotopic (exact) mass is 325 g/mol. The minimum absolute atomic E-state index is 0.0588. The number of piperidine rings is 1. The summed E-state index contributed by atoms with van der Waals surface area (Å²) in [5.41, 5.74) is 0.665. The van der Waals surface area contributed by atoms with Crippen LogP contribution in [-0.2, 0) is 4.74 Å². The summed E-state index contributed by atoms with van der Waals surface area (Å²) < 4.78 is 11.5. The highest BCUT2D eigenvalue weighted by atomic mass is 16.5. The van der Waals surface area contributed by atoms with E-state index in [-0.39, 0.29) is 12.0 Å². The maximum atomic E-state index is 12.7. The number of hydrogen-bond donors (Lipinski definition) is 0. The molecule has 4 nitrogen and oxygen atoms in total. The van der Waals surface area contributed by atoms with Crippen molar-refractivity contribution in [1.82, 2.24) is 4.90 Å². The first-order valence-electron chi connectivity index (χ1n) is 8.50. The number of carbonyl (C=O) groups excluding carboxylic acids is 1. The highest BCUT2D eigenvalue weighted by Crippen LogP contribution is 2.23. The molecule has 2 aromatic carbocycles. The molecule has 0 atom stereocenters. The average Bonchev–Trinajstić information content (AvgIpc) is 2.63. The van der Waals surface area contributed by atoms with Gasteiger partial charge in [0.05, 0.1) is 6.10 Å². The first kappa shape index (κ1) is 16.5. The number of benzene rings is 2. The second kappa shape index (κ2) is 7.97. The Labute approximate surface area is 143 Å². The summed E-state index contributed by atoms with van der Waals surface area (Å²) in [5, 5.41) is 0. The van der Waals surface area contributed by atoms with Crippen LogP contribution in [0.1, 0.15) is 30.1 Å². The third-order valence-corrected chi connectivity index (χ3v) is 4.19. The van der Waals surface area contributed by atoms with E-state index >= 15 is 0 Å². The van der Waals surface area contributed by atoms with Crippen LogP contribution < -0.4 is 4.74 Å². The fourth-order valence-corrected chi connectivity index (χ4v) is 2.96. The van der Waals surface area contributed by atoms with Crippen LogP contribution in [0.25, 0.3) is 0 Å². The van der Waals surface area contributed by atoms with Crippen LogP contribution >= 0.6 is 0 Å². The van der Waals surface area contributed by atoms with E-state index in [0.29, 0.717) is 11.3 Å². The summed E-state index contributed by atoms with van der Waals surface area (Å²) in [6, 6.07) is 17.0. The van der Waals surface area contributed by atoms with E-state index in [9.17, 15) is 4.79 Å². The van der Waals surface area contributed by atoms with Crippen LogP contribution in [0.2, 0.25) is 0 Å². The lowest BCUT2D eigenvalue weighted by Crippen LogP contribution is -2.40. The van der Waals surface area contributed by atoms with Gasteiger partial charge in [-0.3, -0.25) is 4.79 Å². The molecule has 0 saturated carbocycles. The highest BCUT2D eigenvalue weighted by molar-refractivity contribution is 5.94. The normalized spacial score (nSPS) is 15.3. The number of nitrogens with zero attached hydrogens (tertiary/aromatic N) is 1. The van der Waals surface area contributed by atoms with E-state index < -0.39 is 0 Å². The Bertz CT molecular complexity index is 664. The van der Waals surface area contributed by atoms with Gasteiger partial charge in [-0.1, -0.05) is 24.3 Å². The van der Waals surface area contributed by atoms with E-state index in [2.05, 4.69) is 0 Å². The number of amides is 1. The van der Waals surface area contributed by atoms with E-state index in [0.717, 1.165) is 38.3 Å². The molecule has 0 aromatic heterocycles. The average molecular weight is 325 g/mol. The molecule has 24 heavy (non-hydrogen) atoms. The lowest BCUT2D eigenvalue weighted by atomic mass is 10.1. The number of carbonyl (C=O) groups is 1. The Kier molecular flexibility index (Phi) is 5.49. The van der Waals surface area contributed by atoms with Crippen molar-refractivity contribution in [2.24, 2.45) is 0 Å². The predicted molar refractivity (Wildman–Crippen MR) is 93.5 cm³/mol. The summed E-state index contributed by atoms with van der Waals surface area (Å²) in [5.74, 6) is 1.50. The van der Waals surface area contributed by atoms with Crippen LogP contribution in [0.15, 0.2) is 54.6 Å². The summed E-state index contributed by atoms with van der Waals surface area (Å²) in [6.07, 6.45) is 2.09. The van der Waals surface area contributed by atoms with Gasteiger partial charge in [-0.05, 0) is 50.1 Å². The third-order valence-electron chi connectivity index (χ3n) is 4.19. The van der Waals surface area contributed by atoms with Gasteiger partial charge < -0.3 is 14.4 Å². The molecule has 2 aromatic rings. The third kappa shape index (κ3) is 4.15. The minimum atomic E-state index is 0.0588. The number of para-hydroxylation sites is 1. The molecule has 1 fully saturated rings. The van der Waals surface area contributed by atoms with Crippen molar-refractivity contribution in [3.63, 3.8) is 0 Å². The minimum Gasteiger partial charge on any atom is -0.457 e. The van der Waals surface area contributed by atoms with Gasteiger partial charge in [-0.2, -0.15) is 0 Å². The van der Waals surface area contributed by atoms with Gasteiger partial charge in [0.25, 0.3) is 5.91 Å². The van der Waals surface area contributed by atoms with Crippen molar-refractivity contribution < 1.29 is 14.3 Å². The maximum Gasteiger partial charge on any atom is 0.253 e. The summed E-state index contributed by atoms with van der Waals surface area (Å²) >= 11 is 0. The molecule has 1 saturated heterocycles. The molecule has 126 valence electrons. The number of ether oxygens (including phenoxy) is 2. The van der Waals surface area contributed by atoms with Crippen LogP contribution in [0, 0.1) is 0 Å². The van der Waals surface area contributed by atoms with Gasteiger partial charge in [0, 0.05) is 25.3 Å². The van der Waals surface area contributed by atoms with E-state index in [1.54, 1.807) is 0 Å². The Morgan fingerprint density at radius 3 is 2.46 bits per heavy atom. The molecule has 1 aliphatic rings. The van der Waals surface area contributed by atoms with Gasteiger partial charge in [0.1, 0.15) is 11.5 Å². The number of rotatable bonds is 5. The smallest absolute Gasteiger partial charge is 0.253 e. The molecule has 0 aliphatic carbocycles. The van der Waals surface area contributed by atoms with E-state index in [4.69, 9.17) is 9.47 Å². The van der Waals surface area contributed by atoms with Crippen molar-refractivity contribution in [2.45, 2.75) is 25.9 Å². The summed E-state index contributed by atoms with van der Waals surface area (Å²) in [7, 11) is 0. The van der Waals surface area contributed by atoms with Gasteiger partial charge in [0.2, 0.25) is 0 Å². The lowest BCUT2D eigenvalue weighted by Gasteiger charge is -2.31. The van der Waals surface area contributed by atoms with Gasteiger partial charge in [-0.15, -0.1) is 0 Å². The molecular formula is C20H23NO3. The van der Waals surface area contributed by atoms with E-state index in [1.807, 2.05) is 66.4 Å². The molecule has 1 heterocycles. The quantitative estimate of drug-likeness (QED) is 0.830. The van der Waals surface area contributed by atoms with E-state index in [1.165, 1.54) is 0 Å². The molecule has 0 unspecified atom stereocenters. The molecule has 0 radical (unpaired) electrons. The molecule has 0 bridgehead atoms. The molecule has 1 amide bonds. The van der Waals surface area contributed by atoms with Crippen LogP contribution in [-0.4, -0.2) is 36.6 Å².